The summed E-state index contributed by atoms with van der Waals surface area (Å²) < 4.78 is 6.90. The minimum absolute atomic E-state index is 0.251. The Morgan fingerprint density at radius 2 is 2.29 bits per heavy atom. The number of ether oxygens (including phenoxy) is 1. The first-order valence-corrected chi connectivity index (χ1v) is 6.10. The molecule has 0 spiro atoms. The molecule has 0 bridgehead atoms. The normalized spacial score (nSPS) is 10.3. The van der Waals surface area contributed by atoms with Crippen molar-refractivity contribution in [1.29, 1.82) is 0 Å². The first-order chi connectivity index (χ1) is 10.0. The van der Waals surface area contributed by atoms with Gasteiger partial charge in [0.15, 0.2) is 11.4 Å². The number of rotatable bonds is 6. The molecule has 9 nitrogen and oxygen atoms in total. The second-order valence-corrected chi connectivity index (χ2v) is 4.12. The highest BCUT2D eigenvalue weighted by Gasteiger charge is 2.21. The van der Waals surface area contributed by atoms with Gasteiger partial charge in [0.25, 0.3) is 0 Å². The Hall–Kier alpha value is -2.97. The molecule has 2 aromatic heterocycles. The summed E-state index contributed by atoms with van der Waals surface area (Å²) in [7, 11) is 0. The first kappa shape index (κ1) is 14.4. The zero-order valence-corrected chi connectivity index (χ0v) is 11.1. The van der Waals surface area contributed by atoms with Crippen LogP contribution in [0.4, 0.5) is 5.69 Å². The fourth-order valence-electron chi connectivity index (χ4n) is 1.63. The lowest BCUT2D eigenvalue weighted by Crippen LogP contribution is -2.03. The van der Waals surface area contributed by atoms with Crippen LogP contribution < -0.4 is 4.74 Å². The number of aromatic carboxylic acids is 1. The van der Waals surface area contributed by atoms with E-state index in [9.17, 15) is 14.9 Å². The topological polar surface area (TPSA) is 120 Å². The van der Waals surface area contributed by atoms with Gasteiger partial charge in [-0.05, 0) is 12.5 Å². The summed E-state index contributed by atoms with van der Waals surface area (Å²) in [5.41, 5.74) is -0.750. The molecule has 0 radical (unpaired) electrons. The predicted octanol–water partition coefficient (Wildman–Crippen LogP) is 2.09. The summed E-state index contributed by atoms with van der Waals surface area (Å²) in [6.07, 6.45) is 3.81. The van der Waals surface area contributed by atoms with Gasteiger partial charge in [0, 0.05) is 12.6 Å². The molecular formula is C12H12N4O5. The van der Waals surface area contributed by atoms with Gasteiger partial charge in [0.05, 0.1) is 17.3 Å². The quantitative estimate of drug-likeness (QED) is 0.639. The SMILES string of the molecule is CCCn1cc(Oc2nc(C(=O)O)ccc2[N+](=O)[O-])cn1. The number of nitrogens with zero attached hydrogens (tertiary/aromatic N) is 4. The van der Waals surface area contributed by atoms with E-state index in [1.54, 1.807) is 10.9 Å². The number of pyridine rings is 1. The van der Waals surface area contributed by atoms with E-state index < -0.39 is 16.6 Å². The van der Waals surface area contributed by atoms with E-state index in [1.807, 2.05) is 6.92 Å². The van der Waals surface area contributed by atoms with Gasteiger partial charge >= 0.3 is 17.5 Å². The summed E-state index contributed by atoms with van der Waals surface area (Å²) in [6.45, 7) is 2.65. The van der Waals surface area contributed by atoms with Crippen molar-refractivity contribution in [3.05, 3.63) is 40.3 Å². The average Bonchev–Trinajstić information content (AvgIpc) is 2.86. The Labute approximate surface area is 118 Å². The van der Waals surface area contributed by atoms with Gasteiger partial charge in [0.2, 0.25) is 0 Å². The fraction of sp³-hybridized carbons (Fsp3) is 0.250. The van der Waals surface area contributed by atoms with Crippen molar-refractivity contribution in [2.24, 2.45) is 0 Å². The zero-order chi connectivity index (χ0) is 15.4. The van der Waals surface area contributed by atoms with Crippen LogP contribution in [0.15, 0.2) is 24.5 Å². The second kappa shape index (κ2) is 5.99. The maximum absolute atomic E-state index is 10.9. The Bertz CT molecular complexity index is 682. The molecule has 0 amide bonds. The Kier molecular flexibility index (Phi) is 4.12. The predicted molar refractivity (Wildman–Crippen MR) is 70.4 cm³/mol. The van der Waals surface area contributed by atoms with E-state index in [4.69, 9.17) is 9.84 Å². The standard InChI is InChI=1S/C12H12N4O5/c1-2-5-15-7-8(6-13-15)21-11-10(16(19)20)4-3-9(14-11)12(17)18/h3-4,6-7H,2,5H2,1H3,(H,17,18). The largest absolute Gasteiger partial charge is 0.477 e. The molecule has 2 aromatic rings. The lowest BCUT2D eigenvalue weighted by atomic mass is 10.3. The third kappa shape index (κ3) is 3.32. The van der Waals surface area contributed by atoms with Crippen LogP contribution in [-0.2, 0) is 6.54 Å². The number of carbonyl (C=O) groups is 1. The molecule has 0 aliphatic carbocycles. The maximum atomic E-state index is 10.9. The smallest absolute Gasteiger partial charge is 0.354 e. The van der Waals surface area contributed by atoms with Crippen LogP contribution in [0.1, 0.15) is 23.8 Å². The monoisotopic (exact) mass is 292 g/mol. The molecule has 9 heteroatoms. The minimum Gasteiger partial charge on any atom is -0.477 e. The molecule has 0 unspecified atom stereocenters. The number of hydrogen-bond acceptors (Lipinski definition) is 6. The minimum atomic E-state index is -1.29. The molecule has 1 N–H and O–H groups in total. The van der Waals surface area contributed by atoms with Crippen LogP contribution in [-0.4, -0.2) is 30.8 Å². The van der Waals surface area contributed by atoms with Gasteiger partial charge in [-0.2, -0.15) is 10.1 Å². The molecule has 2 rings (SSSR count). The molecule has 0 atom stereocenters. The number of carboxylic acid groups (broad SMARTS) is 1. The van der Waals surface area contributed by atoms with E-state index in [0.29, 0.717) is 6.54 Å². The summed E-state index contributed by atoms with van der Waals surface area (Å²) in [5.74, 6) is -1.42. The summed E-state index contributed by atoms with van der Waals surface area (Å²) in [5, 5.41) is 23.8. The van der Waals surface area contributed by atoms with Crippen molar-refractivity contribution in [3.63, 3.8) is 0 Å². The number of hydrogen-bond donors (Lipinski definition) is 1. The molecule has 0 aliphatic rings. The second-order valence-electron chi connectivity index (χ2n) is 4.12. The van der Waals surface area contributed by atoms with Crippen LogP contribution in [0.5, 0.6) is 11.6 Å². The van der Waals surface area contributed by atoms with Crippen molar-refractivity contribution in [2.45, 2.75) is 19.9 Å². The van der Waals surface area contributed by atoms with Gasteiger partial charge in [-0.25, -0.2) is 4.79 Å². The molecule has 0 fully saturated rings. The summed E-state index contributed by atoms with van der Waals surface area (Å²) in [6, 6.07) is 2.09. The third-order valence-corrected chi connectivity index (χ3v) is 2.53. The molecule has 2 heterocycles. The first-order valence-electron chi connectivity index (χ1n) is 6.10. The van der Waals surface area contributed by atoms with E-state index in [1.165, 1.54) is 6.20 Å². The van der Waals surface area contributed by atoms with Crippen LogP contribution in [0, 0.1) is 10.1 Å². The Morgan fingerprint density at radius 3 is 2.90 bits per heavy atom. The van der Waals surface area contributed by atoms with Gasteiger partial charge in [-0.15, -0.1) is 0 Å². The van der Waals surface area contributed by atoms with Gasteiger partial charge in [-0.3, -0.25) is 14.8 Å². The van der Waals surface area contributed by atoms with Crippen LogP contribution >= 0.6 is 0 Å². The maximum Gasteiger partial charge on any atom is 0.354 e. The van der Waals surface area contributed by atoms with Crippen molar-refractivity contribution in [2.75, 3.05) is 0 Å². The van der Waals surface area contributed by atoms with Crippen molar-refractivity contribution < 1.29 is 19.6 Å². The lowest BCUT2D eigenvalue weighted by molar-refractivity contribution is -0.386. The zero-order valence-electron chi connectivity index (χ0n) is 11.1. The molecule has 110 valence electrons. The molecule has 0 aromatic carbocycles. The molecule has 21 heavy (non-hydrogen) atoms. The van der Waals surface area contributed by atoms with E-state index in [0.717, 1.165) is 18.6 Å². The van der Waals surface area contributed by atoms with Gasteiger partial charge in [0.1, 0.15) is 0 Å². The van der Waals surface area contributed by atoms with Crippen LogP contribution in [0.3, 0.4) is 0 Å². The Balaban J connectivity index is 2.33. The molecule has 0 saturated carbocycles. The van der Waals surface area contributed by atoms with Gasteiger partial charge < -0.3 is 9.84 Å². The van der Waals surface area contributed by atoms with Crippen molar-refractivity contribution in [3.8, 4) is 11.6 Å². The number of carboxylic acids is 1. The molecule has 0 aliphatic heterocycles. The highest BCUT2D eigenvalue weighted by atomic mass is 16.6. The van der Waals surface area contributed by atoms with Crippen molar-refractivity contribution in [1.82, 2.24) is 14.8 Å². The third-order valence-electron chi connectivity index (χ3n) is 2.53. The number of aryl methyl sites for hydroxylation is 1. The highest BCUT2D eigenvalue weighted by molar-refractivity contribution is 5.85. The van der Waals surface area contributed by atoms with Crippen LogP contribution in [0.25, 0.3) is 0 Å². The highest BCUT2D eigenvalue weighted by Crippen LogP contribution is 2.29. The van der Waals surface area contributed by atoms with Crippen LogP contribution in [0.2, 0.25) is 0 Å². The molecular weight excluding hydrogens is 280 g/mol. The average molecular weight is 292 g/mol. The van der Waals surface area contributed by atoms with E-state index in [-0.39, 0.29) is 17.3 Å². The fourth-order valence-corrected chi connectivity index (χ4v) is 1.63. The number of nitro groups is 1. The molecule has 0 saturated heterocycles. The summed E-state index contributed by atoms with van der Waals surface area (Å²) in [4.78, 5) is 24.7. The Morgan fingerprint density at radius 1 is 1.52 bits per heavy atom. The lowest BCUT2D eigenvalue weighted by Gasteiger charge is -2.03. The van der Waals surface area contributed by atoms with E-state index >= 15 is 0 Å². The summed E-state index contributed by atoms with van der Waals surface area (Å²) >= 11 is 0. The van der Waals surface area contributed by atoms with E-state index in [2.05, 4.69) is 10.1 Å². The number of aromatic nitrogens is 3. The van der Waals surface area contributed by atoms with Crippen molar-refractivity contribution >= 4 is 11.7 Å². The van der Waals surface area contributed by atoms with Gasteiger partial charge in [-0.1, -0.05) is 6.92 Å².